The Hall–Kier alpha value is -2.35. The van der Waals surface area contributed by atoms with E-state index in [4.69, 9.17) is 5.26 Å². The number of pyridine rings is 1. The van der Waals surface area contributed by atoms with Crippen molar-refractivity contribution in [2.24, 2.45) is 0 Å². The van der Waals surface area contributed by atoms with Crippen LogP contribution in [0.15, 0.2) is 30.6 Å². The normalized spacial score (nSPS) is 19.1. The van der Waals surface area contributed by atoms with Crippen LogP contribution in [0.1, 0.15) is 30.0 Å². The highest BCUT2D eigenvalue weighted by Gasteiger charge is 2.23. The molecule has 1 saturated heterocycles. The minimum Gasteiger partial charge on any atom is -0.356 e. The second kappa shape index (κ2) is 5.11. The van der Waals surface area contributed by atoms with Gasteiger partial charge in [0.25, 0.3) is 0 Å². The number of hydrogen-bond acceptors (Lipinski definition) is 4. The van der Waals surface area contributed by atoms with Gasteiger partial charge >= 0.3 is 0 Å². The molecule has 1 fully saturated rings. The standard InChI is InChI=1S/C14H15N5/c15-9-11-3-5-16-14(8-11)19-7-1-2-12(10-19)13-4-6-17-18-13/h3-6,8,12H,1-2,7,10H2,(H,17,18)/t12-/m0/s1. The number of hydrogen-bond donors (Lipinski definition) is 1. The van der Waals surface area contributed by atoms with E-state index in [9.17, 15) is 0 Å². The van der Waals surface area contributed by atoms with Crippen LogP contribution in [-0.4, -0.2) is 28.3 Å². The van der Waals surface area contributed by atoms with Crippen molar-refractivity contribution in [2.75, 3.05) is 18.0 Å². The first-order valence-electron chi connectivity index (χ1n) is 6.47. The number of anilines is 1. The van der Waals surface area contributed by atoms with Crippen LogP contribution in [0.4, 0.5) is 5.82 Å². The molecule has 2 aromatic heterocycles. The molecule has 1 aliphatic rings. The largest absolute Gasteiger partial charge is 0.356 e. The number of nitrogens with zero attached hydrogens (tertiary/aromatic N) is 4. The number of aromatic amines is 1. The maximum absolute atomic E-state index is 8.95. The lowest BCUT2D eigenvalue weighted by Crippen LogP contribution is -2.35. The minimum atomic E-state index is 0.462. The van der Waals surface area contributed by atoms with Gasteiger partial charge in [0.1, 0.15) is 5.82 Å². The molecule has 1 aliphatic heterocycles. The van der Waals surface area contributed by atoms with Crippen LogP contribution in [0.25, 0.3) is 0 Å². The Morgan fingerprint density at radius 2 is 2.32 bits per heavy atom. The third-order valence-corrected chi connectivity index (χ3v) is 3.58. The van der Waals surface area contributed by atoms with Crippen LogP contribution in [0.5, 0.6) is 0 Å². The third kappa shape index (κ3) is 2.43. The van der Waals surface area contributed by atoms with Crippen molar-refractivity contribution in [1.29, 1.82) is 5.26 Å². The first-order valence-corrected chi connectivity index (χ1v) is 6.47. The van der Waals surface area contributed by atoms with Gasteiger partial charge in [-0.3, -0.25) is 5.10 Å². The molecule has 1 N–H and O–H groups in total. The lowest BCUT2D eigenvalue weighted by atomic mass is 9.95. The lowest BCUT2D eigenvalue weighted by Gasteiger charge is -2.33. The molecule has 0 radical (unpaired) electrons. The molecule has 5 nitrogen and oxygen atoms in total. The summed E-state index contributed by atoms with van der Waals surface area (Å²) in [4.78, 5) is 6.62. The average molecular weight is 253 g/mol. The van der Waals surface area contributed by atoms with Crippen LogP contribution in [0, 0.1) is 11.3 Å². The quantitative estimate of drug-likeness (QED) is 0.889. The van der Waals surface area contributed by atoms with Crippen molar-refractivity contribution >= 4 is 5.82 Å². The van der Waals surface area contributed by atoms with E-state index < -0.39 is 0 Å². The van der Waals surface area contributed by atoms with Gasteiger partial charge in [-0.05, 0) is 31.0 Å². The summed E-state index contributed by atoms with van der Waals surface area (Å²) in [7, 11) is 0. The molecule has 0 bridgehead atoms. The zero-order chi connectivity index (χ0) is 13.1. The van der Waals surface area contributed by atoms with Gasteiger partial charge in [-0.15, -0.1) is 0 Å². The Labute approximate surface area is 111 Å². The van der Waals surface area contributed by atoms with E-state index >= 15 is 0 Å². The van der Waals surface area contributed by atoms with Crippen LogP contribution in [0.3, 0.4) is 0 Å². The Bertz CT molecular complexity index is 584. The first-order chi connectivity index (χ1) is 9.36. The summed E-state index contributed by atoms with van der Waals surface area (Å²) in [6, 6.07) is 7.79. The van der Waals surface area contributed by atoms with Crippen molar-refractivity contribution in [3.05, 3.63) is 41.9 Å². The molecule has 2 aromatic rings. The second-order valence-corrected chi connectivity index (χ2v) is 4.81. The monoisotopic (exact) mass is 253 g/mol. The summed E-state index contributed by atoms with van der Waals surface area (Å²) in [5.74, 6) is 1.35. The Morgan fingerprint density at radius 3 is 3.11 bits per heavy atom. The van der Waals surface area contributed by atoms with Crippen molar-refractivity contribution in [3.63, 3.8) is 0 Å². The van der Waals surface area contributed by atoms with Gasteiger partial charge in [0.05, 0.1) is 11.6 Å². The molecule has 1 atom stereocenters. The average Bonchev–Trinajstić information content (AvgIpc) is 3.02. The van der Waals surface area contributed by atoms with E-state index in [2.05, 4.69) is 26.2 Å². The summed E-state index contributed by atoms with van der Waals surface area (Å²) in [6.45, 7) is 1.91. The number of H-pyrrole nitrogens is 1. The van der Waals surface area contributed by atoms with Gasteiger partial charge in [-0.2, -0.15) is 10.4 Å². The second-order valence-electron chi connectivity index (χ2n) is 4.81. The Balaban J connectivity index is 1.80. The molecule has 5 heteroatoms. The highest BCUT2D eigenvalue weighted by atomic mass is 15.2. The predicted molar refractivity (Wildman–Crippen MR) is 71.7 cm³/mol. The number of nitrogens with one attached hydrogen (secondary N) is 1. The highest BCUT2D eigenvalue weighted by Crippen LogP contribution is 2.28. The van der Waals surface area contributed by atoms with Crippen molar-refractivity contribution < 1.29 is 0 Å². The van der Waals surface area contributed by atoms with Crippen LogP contribution in [-0.2, 0) is 0 Å². The number of piperidine rings is 1. The lowest BCUT2D eigenvalue weighted by molar-refractivity contribution is 0.498. The maximum atomic E-state index is 8.95. The van der Waals surface area contributed by atoms with Gasteiger partial charge in [-0.25, -0.2) is 4.98 Å². The van der Waals surface area contributed by atoms with E-state index in [-0.39, 0.29) is 0 Å². The van der Waals surface area contributed by atoms with Crippen molar-refractivity contribution in [3.8, 4) is 6.07 Å². The van der Waals surface area contributed by atoms with E-state index in [0.29, 0.717) is 11.5 Å². The highest BCUT2D eigenvalue weighted by molar-refractivity contribution is 5.45. The molecular weight excluding hydrogens is 238 g/mol. The summed E-state index contributed by atoms with van der Waals surface area (Å²) in [6.07, 6.45) is 5.79. The summed E-state index contributed by atoms with van der Waals surface area (Å²) in [5.41, 5.74) is 1.84. The van der Waals surface area contributed by atoms with E-state index in [1.165, 1.54) is 5.69 Å². The summed E-state index contributed by atoms with van der Waals surface area (Å²) >= 11 is 0. The minimum absolute atomic E-state index is 0.462. The van der Waals surface area contributed by atoms with Crippen LogP contribution >= 0.6 is 0 Å². The Morgan fingerprint density at radius 1 is 1.37 bits per heavy atom. The van der Waals surface area contributed by atoms with Crippen LogP contribution in [0.2, 0.25) is 0 Å². The molecule has 3 heterocycles. The van der Waals surface area contributed by atoms with Gasteiger partial charge in [0.2, 0.25) is 0 Å². The molecule has 3 rings (SSSR count). The van der Waals surface area contributed by atoms with E-state index in [1.807, 2.05) is 12.1 Å². The zero-order valence-electron chi connectivity index (χ0n) is 10.6. The topological polar surface area (TPSA) is 68.6 Å². The fraction of sp³-hybridized carbons (Fsp3) is 0.357. The zero-order valence-corrected chi connectivity index (χ0v) is 10.6. The smallest absolute Gasteiger partial charge is 0.129 e. The molecule has 0 amide bonds. The number of aromatic nitrogens is 3. The van der Waals surface area contributed by atoms with Gasteiger partial charge in [0.15, 0.2) is 0 Å². The molecular formula is C14H15N5. The molecule has 19 heavy (non-hydrogen) atoms. The molecule has 0 saturated carbocycles. The number of nitriles is 1. The van der Waals surface area contributed by atoms with E-state index in [0.717, 1.165) is 31.7 Å². The van der Waals surface area contributed by atoms with Gasteiger partial charge in [0, 0.05) is 37.1 Å². The fourth-order valence-corrected chi connectivity index (χ4v) is 2.59. The Kier molecular flexibility index (Phi) is 3.15. The van der Waals surface area contributed by atoms with E-state index in [1.54, 1.807) is 18.5 Å². The van der Waals surface area contributed by atoms with Crippen molar-refractivity contribution in [2.45, 2.75) is 18.8 Å². The van der Waals surface area contributed by atoms with Gasteiger partial charge in [-0.1, -0.05) is 0 Å². The summed E-state index contributed by atoms with van der Waals surface area (Å²) < 4.78 is 0. The molecule has 0 aromatic carbocycles. The van der Waals surface area contributed by atoms with Crippen molar-refractivity contribution in [1.82, 2.24) is 15.2 Å². The van der Waals surface area contributed by atoms with Gasteiger partial charge < -0.3 is 4.90 Å². The summed E-state index contributed by atoms with van der Waals surface area (Å²) in [5, 5.41) is 16.0. The molecule has 0 aliphatic carbocycles. The number of rotatable bonds is 2. The predicted octanol–water partition coefficient (Wildman–Crippen LogP) is 2.06. The first kappa shape index (κ1) is 11.7. The third-order valence-electron chi connectivity index (χ3n) is 3.58. The molecule has 0 unspecified atom stereocenters. The SMILES string of the molecule is N#Cc1ccnc(N2CCC[C@H](c3ccn[nH]3)C2)c1. The fourth-order valence-electron chi connectivity index (χ4n) is 2.59. The maximum Gasteiger partial charge on any atom is 0.129 e. The molecule has 96 valence electrons. The van der Waals surface area contributed by atoms with Crippen LogP contribution < -0.4 is 4.90 Å². The molecule has 0 spiro atoms.